The Balaban J connectivity index is 1.69. The summed E-state index contributed by atoms with van der Waals surface area (Å²) in [5.74, 6) is 2.20. The molecule has 0 saturated carbocycles. The van der Waals surface area contributed by atoms with Gasteiger partial charge < -0.3 is 24.5 Å². The van der Waals surface area contributed by atoms with Crippen molar-refractivity contribution in [2.75, 3.05) is 26.8 Å². The predicted octanol–water partition coefficient (Wildman–Crippen LogP) is 2.35. The van der Waals surface area contributed by atoms with Crippen LogP contribution in [0, 0.1) is 0 Å². The number of guanidine groups is 1. The van der Waals surface area contributed by atoms with Gasteiger partial charge in [-0.3, -0.25) is 0 Å². The van der Waals surface area contributed by atoms with E-state index in [1.165, 1.54) is 0 Å². The van der Waals surface area contributed by atoms with Crippen molar-refractivity contribution in [2.45, 2.75) is 26.5 Å². The third-order valence-electron chi connectivity index (χ3n) is 3.32. The smallest absolute Gasteiger partial charge is 0.213 e. The lowest BCUT2D eigenvalue weighted by Crippen LogP contribution is -2.38. The second-order valence-corrected chi connectivity index (χ2v) is 5.28. The van der Waals surface area contributed by atoms with Gasteiger partial charge in [-0.15, -0.1) is 0 Å². The molecule has 0 aliphatic rings. The van der Waals surface area contributed by atoms with Crippen LogP contribution in [0.25, 0.3) is 0 Å². The van der Waals surface area contributed by atoms with Crippen molar-refractivity contribution in [3.63, 3.8) is 0 Å². The topological polar surface area (TPSA) is 80.9 Å². The van der Waals surface area contributed by atoms with Crippen LogP contribution in [0.1, 0.15) is 24.8 Å². The van der Waals surface area contributed by atoms with Crippen LogP contribution < -0.4 is 15.4 Å². The average molecular weight is 346 g/mol. The number of nitrogens with zero attached hydrogens (tertiary/aromatic N) is 2. The molecule has 0 aromatic carbocycles. The lowest BCUT2D eigenvalue weighted by molar-refractivity contribution is 0.105. The summed E-state index contributed by atoms with van der Waals surface area (Å²) in [5.41, 5.74) is 0.860. The molecule has 2 N–H and O–H groups in total. The van der Waals surface area contributed by atoms with E-state index in [-0.39, 0.29) is 0 Å². The fourth-order valence-corrected chi connectivity index (χ4v) is 2.11. The van der Waals surface area contributed by atoms with E-state index in [1.54, 1.807) is 13.4 Å². The number of ether oxygens (including phenoxy) is 2. The lowest BCUT2D eigenvalue weighted by Gasteiger charge is -2.11. The van der Waals surface area contributed by atoms with Gasteiger partial charge in [-0.2, -0.15) is 0 Å². The number of methoxy groups -OCH3 is 1. The fourth-order valence-electron chi connectivity index (χ4n) is 2.11. The first-order valence-electron chi connectivity index (χ1n) is 8.44. The largest absolute Gasteiger partial charge is 0.481 e. The summed E-state index contributed by atoms with van der Waals surface area (Å²) < 4.78 is 15.9. The van der Waals surface area contributed by atoms with E-state index in [4.69, 9.17) is 13.9 Å². The van der Waals surface area contributed by atoms with Crippen molar-refractivity contribution in [1.29, 1.82) is 0 Å². The minimum absolute atomic E-state index is 0.488. The highest BCUT2D eigenvalue weighted by Gasteiger charge is 2.00. The molecule has 0 unspecified atom stereocenters. The van der Waals surface area contributed by atoms with Gasteiger partial charge in [0.1, 0.15) is 12.4 Å². The Hall–Kier alpha value is -2.54. The summed E-state index contributed by atoms with van der Waals surface area (Å²) in [4.78, 5) is 8.89. The predicted molar refractivity (Wildman–Crippen MR) is 96.6 cm³/mol. The first-order valence-corrected chi connectivity index (χ1v) is 8.44. The number of pyridine rings is 1. The third kappa shape index (κ3) is 7.26. The van der Waals surface area contributed by atoms with E-state index in [2.05, 4.69) is 20.6 Å². The molecule has 2 rings (SSSR count). The Morgan fingerprint density at radius 1 is 1.24 bits per heavy atom. The summed E-state index contributed by atoms with van der Waals surface area (Å²) in [6, 6.07) is 9.42. The van der Waals surface area contributed by atoms with E-state index in [1.807, 2.05) is 37.3 Å². The molecule has 0 radical (unpaired) electrons. The zero-order valence-electron chi connectivity index (χ0n) is 14.8. The number of aromatic nitrogens is 1. The zero-order chi connectivity index (χ0) is 17.7. The van der Waals surface area contributed by atoms with E-state index < -0.39 is 0 Å². The molecular formula is C18H26N4O3. The third-order valence-corrected chi connectivity index (χ3v) is 3.32. The van der Waals surface area contributed by atoms with Crippen LogP contribution in [-0.2, 0) is 17.9 Å². The number of furan rings is 1. The number of rotatable bonds is 10. The molecule has 0 spiro atoms. The van der Waals surface area contributed by atoms with Gasteiger partial charge in [-0.25, -0.2) is 9.98 Å². The minimum atomic E-state index is 0.488. The number of aliphatic imine (C=N–C) groups is 1. The molecule has 2 aromatic heterocycles. The maximum atomic E-state index is 5.56. The van der Waals surface area contributed by atoms with Crippen LogP contribution in [-0.4, -0.2) is 37.7 Å². The van der Waals surface area contributed by atoms with E-state index in [0.717, 1.165) is 36.9 Å². The highest BCUT2D eigenvalue weighted by atomic mass is 16.5. The fraction of sp³-hybridized carbons (Fsp3) is 0.444. The lowest BCUT2D eigenvalue weighted by atomic mass is 10.3. The highest BCUT2D eigenvalue weighted by molar-refractivity contribution is 5.79. The summed E-state index contributed by atoms with van der Waals surface area (Å²) in [6.07, 6.45) is 2.53. The Bertz CT molecular complexity index is 629. The van der Waals surface area contributed by atoms with Crippen LogP contribution in [0.2, 0.25) is 0 Å². The van der Waals surface area contributed by atoms with E-state index in [0.29, 0.717) is 25.6 Å². The van der Waals surface area contributed by atoms with Crippen molar-refractivity contribution in [2.24, 2.45) is 4.99 Å². The van der Waals surface area contributed by atoms with Crippen LogP contribution in [0.4, 0.5) is 0 Å². The van der Waals surface area contributed by atoms with Gasteiger partial charge >= 0.3 is 0 Å². The van der Waals surface area contributed by atoms with Gasteiger partial charge in [-0.05, 0) is 31.5 Å². The summed E-state index contributed by atoms with van der Waals surface area (Å²) >= 11 is 0. The van der Waals surface area contributed by atoms with Gasteiger partial charge in [0.15, 0.2) is 5.96 Å². The summed E-state index contributed by atoms with van der Waals surface area (Å²) in [5, 5.41) is 6.51. The maximum absolute atomic E-state index is 5.56. The van der Waals surface area contributed by atoms with Crippen molar-refractivity contribution in [3.8, 4) is 5.88 Å². The number of hydrogen-bond acceptors (Lipinski definition) is 5. The van der Waals surface area contributed by atoms with Gasteiger partial charge in [0.05, 0.1) is 25.6 Å². The van der Waals surface area contributed by atoms with Gasteiger partial charge in [-0.1, -0.05) is 6.07 Å². The van der Waals surface area contributed by atoms with Crippen molar-refractivity contribution in [3.05, 3.63) is 48.0 Å². The highest BCUT2D eigenvalue weighted by Crippen LogP contribution is 2.07. The van der Waals surface area contributed by atoms with Crippen molar-refractivity contribution < 1.29 is 13.9 Å². The Labute approximate surface area is 148 Å². The van der Waals surface area contributed by atoms with Crippen molar-refractivity contribution in [1.82, 2.24) is 15.6 Å². The first kappa shape index (κ1) is 18.8. The Morgan fingerprint density at radius 3 is 2.92 bits per heavy atom. The minimum Gasteiger partial charge on any atom is -0.481 e. The van der Waals surface area contributed by atoms with Crippen LogP contribution in [0.5, 0.6) is 5.88 Å². The Morgan fingerprint density at radius 2 is 2.16 bits per heavy atom. The molecule has 0 aliphatic carbocycles. The standard InChI is InChI=1S/C18H26N4O3/c1-3-19-18(21-13-15-7-4-9-17(22-15)23-2)20-10-6-11-24-14-16-8-5-12-25-16/h4-5,7-9,12H,3,6,10-11,13-14H2,1-2H3,(H2,19,20,21). The molecule has 2 aromatic rings. The first-order chi connectivity index (χ1) is 12.3. The van der Waals surface area contributed by atoms with Gasteiger partial charge in [0.25, 0.3) is 0 Å². The zero-order valence-corrected chi connectivity index (χ0v) is 14.8. The average Bonchev–Trinajstić information content (AvgIpc) is 3.16. The van der Waals surface area contributed by atoms with Crippen LogP contribution in [0.15, 0.2) is 46.0 Å². The number of hydrogen-bond donors (Lipinski definition) is 2. The second-order valence-electron chi connectivity index (χ2n) is 5.28. The molecule has 136 valence electrons. The molecule has 0 aliphatic heterocycles. The molecule has 2 heterocycles. The molecule has 0 amide bonds. The molecule has 0 bridgehead atoms. The monoisotopic (exact) mass is 346 g/mol. The molecule has 0 fully saturated rings. The molecule has 25 heavy (non-hydrogen) atoms. The van der Waals surface area contributed by atoms with E-state index >= 15 is 0 Å². The van der Waals surface area contributed by atoms with Crippen molar-refractivity contribution >= 4 is 5.96 Å². The maximum Gasteiger partial charge on any atom is 0.213 e. The van der Waals surface area contributed by atoms with Gasteiger partial charge in [0.2, 0.25) is 5.88 Å². The second kappa shape index (κ2) is 11.1. The van der Waals surface area contributed by atoms with Gasteiger partial charge in [0, 0.05) is 25.8 Å². The quantitative estimate of drug-likeness (QED) is 0.390. The Kier molecular flexibility index (Phi) is 8.34. The number of nitrogens with one attached hydrogen (secondary N) is 2. The molecule has 7 nitrogen and oxygen atoms in total. The molecule has 0 atom stereocenters. The normalized spacial score (nSPS) is 11.4. The van der Waals surface area contributed by atoms with Crippen LogP contribution in [0.3, 0.4) is 0 Å². The molecule has 7 heteroatoms. The molecule has 0 saturated heterocycles. The summed E-state index contributed by atoms with van der Waals surface area (Å²) in [7, 11) is 1.61. The summed E-state index contributed by atoms with van der Waals surface area (Å²) in [6.45, 7) is 5.25. The van der Waals surface area contributed by atoms with Crippen LogP contribution >= 0.6 is 0 Å². The van der Waals surface area contributed by atoms with E-state index in [9.17, 15) is 0 Å². The SMILES string of the molecule is CCNC(=NCc1cccc(OC)n1)NCCCOCc1ccco1. The molecular weight excluding hydrogens is 320 g/mol.